The molecule has 0 saturated carbocycles. The molecule has 17 heavy (non-hydrogen) atoms. The maximum absolute atomic E-state index is 11.7. The van der Waals surface area contributed by atoms with E-state index in [2.05, 4.69) is 27.9 Å². The van der Waals surface area contributed by atoms with Crippen LogP contribution in [0, 0.1) is 0 Å². The van der Waals surface area contributed by atoms with Crippen molar-refractivity contribution in [1.82, 2.24) is 20.9 Å². The smallest absolute Gasteiger partial charge is 0.315 e. The quantitative estimate of drug-likeness (QED) is 0.657. The standard InChI is InChI=1S/C12H24N4O/c1-16-7-3-2-4-11(16)9-14-12(17)15-10-5-6-13-8-10/h10-11,13H,2-9H2,1H3,(H2,14,15,17). The zero-order valence-corrected chi connectivity index (χ0v) is 10.7. The second-order valence-electron chi connectivity index (χ2n) is 5.17. The van der Waals surface area contributed by atoms with Gasteiger partial charge in [0.05, 0.1) is 0 Å². The van der Waals surface area contributed by atoms with Crippen molar-refractivity contribution in [2.24, 2.45) is 0 Å². The number of rotatable bonds is 3. The van der Waals surface area contributed by atoms with E-state index in [1.165, 1.54) is 19.3 Å². The number of urea groups is 1. The van der Waals surface area contributed by atoms with Crippen LogP contribution in [0.4, 0.5) is 4.79 Å². The monoisotopic (exact) mass is 240 g/mol. The minimum Gasteiger partial charge on any atom is -0.337 e. The molecule has 2 aliphatic heterocycles. The van der Waals surface area contributed by atoms with Crippen molar-refractivity contribution in [3.63, 3.8) is 0 Å². The topological polar surface area (TPSA) is 56.4 Å². The molecule has 0 spiro atoms. The van der Waals surface area contributed by atoms with E-state index in [1.54, 1.807) is 0 Å². The van der Waals surface area contributed by atoms with E-state index < -0.39 is 0 Å². The van der Waals surface area contributed by atoms with E-state index in [-0.39, 0.29) is 6.03 Å². The summed E-state index contributed by atoms with van der Waals surface area (Å²) in [6, 6.07) is 0.799. The fraction of sp³-hybridized carbons (Fsp3) is 0.917. The van der Waals surface area contributed by atoms with Crippen LogP contribution in [0.15, 0.2) is 0 Å². The molecule has 3 N–H and O–H groups in total. The Hall–Kier alpha value is -0.810. The zero-order valence-electron chi connectivity index (χ0n) is 10.7. The summed E-state index contributed by atoms with van der Waals surface area (Å²) in [5, 5.41) is 9.23. The summed E-state index contributed by atoms with van der Waals surface area (Å²) in [4.78, 5) is 14.0. The lowest BCUT2D eigenvalue weighted by atomic mass is 10.0. The number of likely N-dealkylation sites (N-methyl/N-ethyl adjacent to an activating group) is 1. The number of amides is 2. The van der Waals surface area contributed by atoms with Crippen LogP contribution in [0.2, 0.25) is 0 Å². The van der Waals surface area contributed by atoms with Gasteiger partial charge in [-0.2, -0.15) is 0 Å². The summed E-state index contributed by atoms with van der Waals surface area (Å²) in [6.45, 7) is 3.83. The Morgan fingerprint density at radius 1 is 1.41 bits per heavy atom. The Bertz CT molecular complexity index is 253. The zero-order chi connectivity index (χ0) is 12.1. The third kappa shape index (κ3) is 3.85. The van der Waals surface area contributed by atoms with Gasteiger partial charge in [0.2, 0.25) is 0 Å². The average molecular weight is 240 g/mol. The molecule has 2 atom stereocenters. The summed E-state index contributed by atoms with van der Waals surface area (Å²) in [5.41, 5.74) is 0. The molecule has 0 aromatic rings. The number of nitrogens with one attached hydrogen (secondary N) is 3. The molecule has 2 saturated heterocycles. The van der Waals surface area contributed by atoms with Crippen molar-refractivity contribution in [2.75, 3.05) is 33.2 Å². The summed E-state index contributed by atoms with van der Waals surface area (Å²) >= 11 is 0. The second-order valence-corrected chi connectivity index (χ2v) is 5.17. The van der Waals surface area contributed by atoms with E-state index >= 15 is 0 Å². The molecule has 5 nitrogen and oxygen atoms in total. The largest absolute Gasteiger partial charge is 0.337 e. The lowest BCUT2D eigenvalue weighted by molar-refractivity contribution is 0.179. The summed E-state index contributed by atoms with van der Waals surface area (Å²) < 4.78 is 0. The first-order chi connectivity index (χ1) is 8.25. The maximum Gasteiger partial charge on any atom is 0.315 e. The highest BCUT2D eigenvalue weighted by atomic mass is 16.2. The van der Waals surface area contributed by atoms with Gasteiger partial charge in [0.25, 0.3) is 0 Å². The number of piperidine rings is 1. The Morgan fingerprint density at radius 3 is 3.00 bits per heavy atom. The van der Waals surface area contributed by atoms with Crippen molar-refractivity contribution < 1.29 is 4.79 Å². The van der Waals surface area contributed by atoms with Crippen molar-refractivity contribution in [3.05, 3.63) is 0 Å². The highest BCUT2D eigenvalue weighted by Gasteiger charge is 2.20. The first-order valence-electron chi connectivity index (χ1n) is 6.71. The fourth-order valence-electron chi connectivity index (χ4n) is 2.63. The molecule has 2 fully saturated rings. The van der Waals surface area contributed by atoms with Crippen molar-refractivity contribution in [2.45, 2.75) is 37.8 Å². The van der Waals surface area contributed by atoms with Crippen LogP contribution in [-0.4, -0.2) is 56.2 Å². The van der Waals surface area contributed by atoms with Crippen molar-refractivity contribution in [1.29, 1.82) is 0 Å². The van der Waals surface area contributed by atoms with Crippen LogP contribution in [0.1, 0.15) is 25.7 Å². The Morgan fingerprint density at radius 2 is 2.29 bits per heavy atom. The number of hydrogen-bond acceptors (Lipinski definition) is 3. The van der Waals surface area contributed by atoms with E-state index in [1.807, 2.05) is 0 Å². The Balaban J connectivity index is 1.64. The molecule has 2 rings (SSSR count). The van der Waals surface area contributed by atoms with E-state index in [4.69, 9.17) is 0 Å². The molecule has 0 aliphatic carbocycles. The molecule has 0 aromatic heterocycles. The van der Waals surface area contributed by atoms with Gasteiger partial charge in [-0.15, -0.1) is 0 Å². The molecule has 2 unspecified atom stereocenters. The number of carbonyl (C=O) groups excluding carboxylic acids is 1. The Labute approximate surface area is 103 Å². The van der Waals surface area contributed by atoms with Crippen LogP contribution < -0.4 is 16.0 Å². The van der Waals surface area contributed by atoms with Crippen LogP contribution in [0.5, 0.6) is 0 Å². The molecule has 0 bridgehead atoms. The number of hydrogen-bond donors (Lipinski definition) is 3. The van der Waals surface area contributed by atoms with Gasteiger partial charge in [-0.3, -0.25) is 0 Å². The molecular formula is C12H24N4O. The van der Waals surface area contributed by atoms with Crippen LogP contribution in [0.25, 0.3) is 0 Å². The molecule has 0 radical (unpaired) electrons. The molecule has 2 amide bonds. The minimum atomic E-state index is -0.0160. The molecule has 5 heteroatoms. The molecule has 2 aliphatic rings. The van der Waals surface area contributed by atoms with Gasteiger partial charge in [0, 0.05) is 25.2 Å². The van der Waals surface area contributed by atoms with Gasteiger partial charge in [-0.25, -0.2) is 4.79 Å². The maximum atomic E-state index is 11.7. The number of likely N-dealkylation sites (tertiary alicyclic amines) is 1. The predicted molar refractivity (Wildman–Crippen MR) is 68.1 cm³/mol. The summed E-state index contributed by atoms with van der Waals surface area (Å²) in [7, 11) is 2.14. The van der Waals surface area contributed by atoms with Crippen LogP contribution in [0.3, 0.4) is 0 Å². The highest BCUT2D eigenvalue weighted by molar-refractivity contribution is 5.74. The number of nitrogens with zero attached hydrogens (tertiary/aromatic N) is 1. The third-order valence-electron chi connectivity index (χ3n) is 3.82. The molecule has 98 valence electrons. The van der Waals surface area contributed by atoms with Gasteiger partial charge in [-0.05, 0) is 39.4 Å². The Kier molecular flexibility index (Phi) is 4.62. The predicted octanol–water partition coefficient (Wildman–Crippen LogP) is 0.132. The van der Waals surface area contributed by atoms with Gasteiger partial charge in [0.1, 0.15) is 0 Å². The van der Waals surface area contributed by atoms with Crippen molar-refractivity contribution >= 4 is 6.03 Å². The number of carbonyl (C=O) groups is 1. The first kappa shape index (κ1) is 12.6. The van der Waals surface area contributed by atoms with E-state index in [0.29, 0.717) is 12.1 Å². The molecule has 2 heterocycles. The highest BCUT2D eigenvalue weighted by Crippen LogP contribution is 2.13. The third-order valence-corrected chi connectivity index (χ3v) is 3.82. The molecule has 0 aromatic carbocycles. The van der Waals surface area contributed by atoms with Gasteiger partial charge < -0.3 is 20.9 Å². The van der Waals surface area contributed by atoms with Crippen molar-refractivity contribution in [3.8, 4) is 0 Å². The lowest BCUT2D eigenvalue weighted by Gasteiger charge is -2.32. The normalized spacial score (nSPS) is 30.2. The average Bonchev–Trinajstić information content (AvgIpc) is 2.81. The van der Waals surface area contributed by atoms with Gasteiger partial charge >= 0.3 is 6.03 Å². The van der Waals surface area contributed by atoms with E-state index in [9.17, 15) is 4.79 Å². The minimum absolute atomic E-state index is 0.0160. The second kappa shape index (κ2) is 6.21. The van der Waals surface area contributed by atoms with E-state index in [0.717, 1.165) is 32.6 Å². The lowest BCUT2D eigenvalue weighted by Crippen LogP contribution is -2.49. The van der Waals surface area contributed by atoms with Crippen LogP contribution >= 0.6 is 0 Å². The van der Waals surface area contributed by atoms with Gasteiger partial charge in [0.15, 0.2) is 0 Å². The van der Waals surface area contributed by atoms with Gasteiger partial charge in [-0.1, -0.05) is 6.42 Å². The first-order valence-corrected chi connectivity index (χ1v) is 6.71. The SMILES string of the molecule is CN1CCCCC1CNC(=O)NC1CCNC1. The summed E-state index contributed by atoms with van der Waals surface area (Å²) in [5.74, 6) is 0. The molecular weight excluding hydrogens is 216 g/mol. The van der Waals surface area contributed by atoms with Crippen LogP contribution in [-0.2, 0) is 0 Å². The fourth-order valence-corrected chi connectivity index (χ4v) is 2.63. The summed E-state index contributed by atoms with van der Waals surface area (Å²) in [6.07, 6.45) is 4.80.